The maximum absolute atomic E-state index is 13.5. The van der Waals surface area contributed by atoms with Crippen molar-refractivity contribution in [1.82, 2.24) is 20.0 Å². The molecule has 136 valence electrons. The van der Waals surface area contributed by atoms with Crippen molar-refractivity contribution in [3.8, 4) is 33.4 Å². The van der Waals surface area contributed by atoms with Crippen molar-refractivity contribution in [2.24, 2.45) is 0 Å². The van der Waals surface area contributed by atoms with E-state index in [4.69, 9.17) is 10.5 Å². The lowest BCUT2D eigenvalue weighted by molar-refractivity contribution is 0.340. The van der Waals surface area contributed by atoms with Gasteiger partial charge in [0.1, 0.15) is 16.6 Å². The molecule has 0 aliphatic rings. The van der Waals surface area contributed by atoms with Crippen LogP contribution in [0.5, 0.6) is 5.75 Å². The highest BCUT2D eigenvalue weighted by Gasteiger charge is 2.17. The molecule has 4 rings (SSSR count). The molecule has 2 aromatic carbocycles. The van der Waals surface area contributed by atoms with Crippen LogP contribution in [-0.4, -0.2) is 26.6 Å². The second kappa shape index (κ2) is 7.16. The molecule has 8 heteroatoms. The van der Waals surface area contributed by atoms with Crippen LogP contribution in [0.15, 0.2) is 53.9 Å². The number of rotatable bonds is 5. The van der Waals surface area contributed by atoms with Crippen molar-refractivity contribution < 1.29 is 9.13 Å². The minimum Gasteiger partial charge on any atom is -0.494 e. The molecule has 2 heterocycles. The van der Waals surface area contributed by atoms with Gasteiger partial charge in [0.2, 0.25) is 0 Å². The summed E-state index contributed by atoms with van der Waals surface area (Å²) in [6, 6.07) is 13.7. The minimum atomic E-state index is -0.365. The van der Waals surface area contributed by atoms with Crippen LogP contribution in [0.4, 0.5) is 10.2 Å². The zero-order valence-electron chi connectivity index (χ0n) is 14.5. The maximum Gasteiger partial charge on any atom is 0.165 e. The van der Waals surface area contributed by atoms with Gasteiger partial charge >= 0.3 is 0 Å². The molecule has 6 nitrogen and oxygen atoms in total. The van der Waals surface area contributed by atoms with Crippen molar-refractivity contribution in [2.45, 2.75) is 6.92 Å². The van der Waals surface area contributed by atoms with Crippen molar-refractivity contribution in [3.63, 3.8) is 0 Å². The number of nitrogen functional groups attached to an aromatic ring is 1. The molecule has 0 fully saturated rings. The Morgan fingerprint density at radius 3 is 2.74 bits per heavy atom. The summed E-state index contributed by atoms with van der Waals surface area (Å²) < 4.78 is 20.3. The maximum atomic E-state index is 13.5. The van der Waals surface area contributed by atoms with Gasteiger partial charge in [0.15, 0.2) is 11.5 Å². The molecule has 0 bridgehead atoms. The summed E-state index contributed by atoms with van der Waals surface area (Å²) in [5.41, 5.74) is 8.95. The molecule has 0 unspecified atom stereocenters. The van der Waals surface area contributed by atoms with Gasteiger partial charge in [0.05, 0.1) is 18.0 Å². The van der Waals surface area contributed by atoms with Crippen LogP contribution in [0.25, 0.3) is 27.6 Å². The van der Waals surface area contributed by atoms with E-state index in [1.54, 1.807) is 12.1 Å². The van der Waals surface area contributed by atoms with Crippen molar-refractivity contribution in [3.05, 3.63) is 59.7 Å². The van der Waals surface area contributed by atoms with Crippen LogP contribution in [0.3, 0.4) is 0 Å². The lowest BCUT2D eigenvalue weighted by Crippen LogP contribution is -2.02. The van der Waals surface area contributed by atoms with Gasteiger partial charge in [-0.2, -0.15) is 4.68 Å². The average Bonchev–Trinajstić information content (AvgIpc) is 3.29. The van der Waals surface area contributed by atoms with E-state index in [2.05, 4.69) is 15.3 Å². The number of anilines is 1. The Labute approximate surface area is 159 Å². The smallest absolute Gasteiger partial charge is 0.165 e. The van der Waals surface area contributed by atoms with E-state index in [1.165, 1.54) is 28.2 Å². The first kappa shape index (κ1) is 17.2. The molecule has 0 saturated carbocycles. The molecular weight excluding hydrogens is 365 g/mol. The first-order valence-corrected chi connectivity index (χ1v) is 9.20. The van der Waals surface area contributed by atoms with E-state index < -0.39 is 0 Å². The number of nitrogens with zero attached hydrogens (tertiary/aromatic N) is 4. The van der Waals surface area contributed by atoms with Gasteiger partial charge in [-0.1, -0.05) is 11.3 Å². The van der Waals surface area contributed by atoms with E-state index >= 15 is 0 Å². The van der Waals surface area contributed by atoms with Crippen LogP contribution in [0.1, 0.15) is 6.92 Å². The molecule has 0 aliphatic heterocycles. The van der Waals surface area contributed by atoms with Crippen LogP contribution in [-0.2, 0) is 0 Å². The van der Waals surface area contributed by atoms with Crippen LogP contribution >= 0.6 is 11.3 Å². The van der Waals surface area contributed by atoms with Gasteiger partial charge in [-0.25, -0.2) is 9.37 Å². The Morgan fingerprint density at radius 2 is 2.00 bits per heavy atom. The molecule has 27 heavy (non-hydrogen) atoms. The number of thiazole rings is 1. The fraction of sp³-hybridized carbons (Fsp3) is 0.105. The zero-order valence-corrected chi connectivity index (χ0v) is 15.3. The quantitative estimate of drug-likeness (QED) is 0.561. The molecule has 0 aliphatic carbocycles. The summed E-state index contributed by atoms with van der Waals surface area (Å²) >= 11 is 1.43. The van der Waals surface area contributed by atoms with Crippen LogP contribution < -0.4 is 10.5 Å². The lowest BCUT2D eigenvalue weighted by Gasteiger charge is -2.03. The molecule has 4 aromatic rings. The number of benzene rings is 2. The Bertz CT molecular complexity index is 1070. The molecule has 0 atom stereocenters. The summed E-state index contributed by atoms with van der Waals surface area (Å²) in [7, 11) is 0. The Balaban J connectivity index is 1.64. The minimum absolute atomic E-state index is 0.313. The Hall–Kier alpha value is -3.26. The summed E-state index contributed by atoms with van der Waals surface area (Å²) in [5, 5.41) is 10.8. The van der Waals surface area contributed by atoms with E-state index in [-0.39, 0.29) is 5.82 Å². The van der Waals surface area contributed by atoms with E-state index in [1.807, 2.05) is 36.6 Å². The number of aromatic nitrogens is 4. The first-order valence-electron chi connectivity index (χ1n) is 8.32. The fourth-order valence-electron chi connectivity index (χ4n) is 2.64. The fourth-order valence-corrected chi connectivity index (χ4v) is 3.46. The third kappa shape index (κ3) is 3.39. The standard InChI is InChI=1S/C19H16FN5OS/c1-2-26-15-8-6-12(7-9-15)16-11-27-19(22-16)17-18(21)25(24-23-17)14-5-3-4-13(20)10-14/h3-11H,2,21H2,1H3. The Morgan fingerprint density at radius 1 is 1.19 bits per heavy atom. The number of nitrogens with two attached hydrogens (primary N) is 1. The zero-order chi connectivity index (χ0) is 18.8. The molecule has 2 N–H and O–H groups in total. The normalized spacial score (nSPS) is 10.9. The second-order valence-corrected chi connectivity index (χ2v) is 6.57. The third-order valence-corrected chi connectivity index (χ3v) is 4.77. The summed E-state index contributed by atoms with van der Waals surface area (Å²) in [6.45, 7) is 2.57. The topological polar surface area (TPSA) is 78.9 Å². The van der Waals surface area contributed by atoms with Crippen LogP contribution in [0.2, 0.25) is 0 Å². The number of ether oxygens (including phenoxy) is 1. The molecule has 0 saturated heterocycles. The second-order valence-electron chi connectivity index (χ2n) is 5.71. The van der Waals surface area contributed by atoms with Crippen LogP contribution in [0, 0.1) is 5.82 Å². The molecule has 0 radical (unpaired) electrons. The highest BCUT2D eigenvalue weighted by atomic mass is 32.1. The summed E-state index contributed by atoms with van der Waals surface area (Å²) in [5.74, 6) is 0.767. The highest BCUT2D eigenvalue weighted by molar-refractivity contribution is 7.13. The Kier molecular flexibility index (Phi) is 4.55. The SMILES string of the molecule is CCOc1ccc(-c2csc(-c3nnn(-c4cccc(F)c4)c3N)n2)cc1. The van der Waals surface area contributed by atoms with E-state index in [0.29, 0.717) is 28.8 Å². The van der Waals surface area contributed by atoms with Crippen molar-refractivity contribution in [1.29, 1.82) is 0 Å². The molecule has 0 amide bonds. The van der Waals surface area contributed by atoms with Gasteiger partial charge in [0, 0.05) is 10.9 Å². The van der Waals surface area contributed by atoms with Crippen molar-refractivity contribution >= 4 is 17.2 Å². The third-order valence-electron chi connectivity index (χ3n) is 3.93. The van der Waals surface area contributed by atoms with Gasteiger partial charge < -0.3 is 10.5 Å². The number of hydrogen-bond acceptors (Lipinski definition) is 6. The van der Waals surface area contributed by atoms with Gasteiger partial charge in [-0.15, -0.1) is 16.4 Å². The van der Waals surface area contributed by atoms with Gasteiger partial charge in [0.25, 0.3) is 0 Å². The van der Waals surface area contributed by atoms with E-state index in [9.17, 15) is 4.39 Å². The van der Waals surface area contributed by atoms with E-state index in [0.717, 1.165) is 17.0 Å². The number of hydrogen-bond donors (Lipinski definition) is 1. The summed E-state index contributed by atoms with van der Waals surface area (Å²) in [4.78, 5) is 4.62. The predicted molar refractivity (Wildman–Crippen MR) is 103 cm³/mol. The first-order chi connectivity index (χ1) is 13.2. The van der Waals surface area contributed by atoms with Crippen molar-refractivity contribution in [2.75, 3.05) is 12.3 Å². The molecule has 2 aromatic heterocycles. The summed E-state index contributed by atoms with van der Waals surface area (Å²) in [6.07, 6.45) is 0. The van der Waals surface area contributed by atoms with Gasteiger partial charge in [-0.3, -0.25) is 0 Å². The number of halogens is 1. The largest absolute Gasteiger partial charge is 0.494 e. The van der Waals surface area contributed by atoms with Gasteiger partial charge in [-0.05, 0) is 49.4 Å². The average molecular weight is 381 g/mol. The highest BCUT2D eigenvalue weighted by Crippen LogP contribution is 2.32. The molecular formula is C19H16FN5OS. The molecule has 0 spiro atoms. The lowest BCUT2D eigenvalue weighted by atomic mass is 10.2. The predicted octanol–water partition coefficient (Wildman–Crippen LogP) is 4.18. The monoisotopic (exact) mass is 381 g/mol.